The van der Waals surface area contributed by atoms with Gasteiger partial charge in [0.15, 0.2) is 0 Å². The minimum absolute atomic E-state index is 0.0563. The van der Waals surface area contributed by atoms with Crippen LogP contribution < -0.4 is 15.0 Å². The third-order valence-corrected chi connectivity index (χ3v) is 6.67. The van der Waals surface area contributed by atoms with Gasteiger partial charge in [0.25, 0.3) is 5.56 Å². The Kier molecular flexibility index (Phi) is 4.48. The van der Waals surface area contributed by atoms with E-state index in [1.54, 1.807) is 16.8 Å². The molecule has 1 saturated heterocycles. The maximum Gasteiger partial charge on any atom is 0.274 e. The number of carbonyl (C=O) groups is 1. The second kappa shape index (κ2) is 7.41. The molecule has 2 aromatic carbocycles. The first-order valence-corrected chi connectivity index (χ1v) is 11.0. The number of aromatic amines is 1. The lowest BCUT2D eigenvalue weighted by Gasteiger charge is -2.21. The lowest BCUT2D eigenvalue weighted by atomic mass is 10.1. The van der Waals surface area contributed by atoms with Gasteiger partial charge in [-0.2, -0.15) is 0 Å². The molecule has 0 amide bonds. The van der Waals surface area contributed by atoms with Crippen LogP contribution in [0.15, 0.2) is 35.1 Å². The first-order chi connectivity index (χ1) is 16.1. The fourth-order valence-electron chi connectivity index (χ4n) is 5.00. The zero-order valence-corrected chi connectivity index (χ0v) is 18.4. The second-order valence-electron chi connectivity index (χ2n) is 8.70. The van der Waals surface area contributed by atoms with Crippen LogP contribution in [0.5, 0.6) is 11.6 Å². The smallest absolute Gasteiger partial charge is 0.274 e. The molecule has 2 aromatic heterocycles. The van der Waals surface area contributed by atoms with E-state index in [0.717, 1.165) is 25.8 Å². The van der Waals surface area contributed by atoms with Crippen molar-refractivity contribution in [2.75, 3.05) is 20.2 Å². The Morgan fingerprint density at radius 3 is 2.94 bits per heavy atom. The zero-order chi connectivity index (χ0) is 22.7. The van der Waals surface area contributed by atoms with Crippen LogP contribution in [0.1, 0.15) is 23.7 Å². The lowest BCUT2D eigenvalue weighted by Crippen LogP contribution is -2.33. The quantitative estimate of drug-likeness (QED) is 0.473. The highest BCUT2D eigenvalue weighted by Gasteiger charge is 2.31. The van der Waals surface area contributed by atoms with Gasteiger partial charge in [-0.3, -0.25) is 24.3 Å². The summed E-state index contributed by atoms with van der Waals surface area (Å²) in [7, 11) is 1.53. The normalized spacial score (nSPS) is 21.9. The lowest BCUT2D eigenvalue weighted by molar-refractivity contribution is 0.112. The highest BCUT2D eigenvalue weighted by atomic mass is 16.5. The van der Waals surface area contributed by atoms with Crippen LogP contribution in [-0.2, 0) is 6.54 Å². The summed E-state index contributed by atoms with van der Waals surface area (Å²) in [6.07, 6.45) is 1.57. The van der Waals surface area contributed by atoms with Gasteiger partial charge in [0.05, 0.1) is 30.1 Å². The average molecular weight is 445 g/mol. The molecule has 4 heterocycles. The molecule has 0 radical (unpaired) electrons. The van der Waals surface area contributed by atoms with Crippen molar-refractivity contribution in [3.8, 4) is 22.9 Å². The molecule has 3 atom stereocenters. The number of nitrogens with zero attached hydrogens (tertiary/aromatic N) is 4. The van der Waals surface area contributed by atoms with Crippen molar-refractivity contribution in [2.24, 2.45) is 0 Å². The van der Waals surface area contributed by atoms with Crippen LogP contribution in [0.25, 0.3) is 33.2 Å². The molecule has 2 aliphatic rings. The van der Waals surface area contributed by atoms with Crippen LogP contribution in [0, 0.1) is 0 Å². The molecule has 0 spiro atoms. The highest BCUT2D eigenvalue weighted by molar-refractivity contribution is 5.96. The third-order valence-electron chi connectivity index (χ3n) is 6.67. The number of fused-ring (bicyclic) bond motifs is 5. The standard InChI is InChI=1S/C24H23N5O4/c1-13-8-15-11-28(13)6-7-29-24(31)17-5-3-4-16(20(17)27-29)21-23(32-2)25-18-9-14(12-30)10-19(33-15)22(18)26-21/h3-5,9-10,12-13,15,27H,6-8,11H2,1-2H3/t13-,15?/m1/s1. The third kappa shape index (κ3) is 3.11. The molecule has 6 bridgehead atoms. The van der Waals surface area contributed by atoms with Gasteiger partial charge in [-0.25, -0.2) is 9.97 Å². The summed E-state index contributed by atoms with van der Waals surface area (Å²) in [6.45, 7) is 4.15. The number of hydrogen-bond acceptors (Lipinski definition) is 7. The van der Waals surface area contributed by atoms with Crippen molar-refractivity contribution in [3.63, 3.8) is 0 Å². The molecule has 0 aliphatic carbocycles. The van der Waals surface area contributed by atoms with Crippen molar-refractivity contribution in [1.29, 1.82) is 0 Å². The fourth-order valence-corrected chi connectivity index (χ4v) is 5.00. The van der Waals surface area contributed by atoms with Crippen molar-refractivity contribution in [1.82, 2.24) is 24.6 Å². The molecule has 33 heavy (non-hydrogen) atoms. The summed E-state index contributed by atoms with van der Waals surface area (Å²) in [5.74, 6) is 0.839. The number of para-hydroxylation sites is 1. The van der Waals surface area contributed by atoms with E-state index in [2.05, 4.69) is 21.9 Å². The number of nitrogens with one attached hydrogen (secondary N) is 1. The van der Waals surface area contributed by atoms with Crippen LogP contribution in [0.4, 0.5) is 0 Å². The molecule has 1 N–H and O–H groups in total. The predicted molar refractivity (Wildman–Crippen MR) is 123 cm³/mol. The number of aldehydes is 1. The Hall–Kier alpha value is -3.72. The molecule has 2 aliphatic heterocycles. The topological polar surface area (TPSA) is 102 Å². The van der Waals surface area contributed by atoms with E-state index >= 15 is 0 Å². The molecule has 0 saturated carbocycles. The summed E-state index contributed by atoms with van der Waals surface area (Å²) >= 11 is 0. The predicted octanol–water partition coefficient (Wildman–Crippen LogP) is 2.62. The van der Waals surface area contributed by atoms with Crippen LogP contribution >= 0.6 is 0 Å². The molecule has 1 fully saturated rings. The number of aromatic nitrogens is 4. The van der Waals surface area contributed by atoms with Crippen LogP contribution in [0.2, 0.25) is 0 Å². The van der Waals surface area contributed by atoms with Gasteiger partial charge < -0.3 is 9.47 Å². The summed E-state index contributed by atoms with van der Waals surface area (Å²) in [4.78, 5) is 36.6. The van der Waals surface area contributed by atoms with Gasteiger partial charge in [-0.15, -0.1) is 0 Å². The van der Waals surface area contributed by atoms with E-state index in [4.69, 9.17) is 14.5 Å². The number of rotatable bonds is 2. The van der Waals surface area contributed by atoms with E-state index in [0.29, 0.717) is 63.0 Å². The first-order valence-electron chi connectivity index (χ1n) is 11.0. The van der Waals surface area contributed by atoms with Gasteiger partial charge in [-0.05, 0) is 25.1 Å². The molecule has 168 valence electrons. The average Bonchev–Trinajstić information content (AvgIpc) is 3.34. The fraction of sp³-hybridized carbons (Fsp3) is 0.333. The van der Waals surface area contributed by atoms with Crippen molar-refractivity contribution in [2.45, 2.75) is 32.0 Å². The Balaban J connectivity index is 1.68. The summed E-state index contributed by atoms with van der Waals surface area (Å²) in [5, 5.41) is 3.88. The van der Waals surface area contributed by atoms with Gasteiger partial charge >= 0.3 is 0 Å². The first kappa shape index (κ1) is 19.9. The number of H-pyrrole nitrogens is 1. The second-order valence-corrected chi connectivity index (χ2v) is 8.70. The van der Waals surface area contributed by atoms with Crippen LogP contribution in [0.3, 0.4) is 0 Å². The summed E-state index contributed by atoms with van der Waals surface area (Å²) in [6, 6.07) is 9.24. The Labute approximate surface area is 188 Å². The van der Waals surface area contributed by atoms with E-state index in [1.165, 1.54) is 7.11 Å². The zero-order valence-electron chi connectivity index (χ0n) is 18.4. The van der Waals surface area contributed by atoms with Crippen molar-refractivity contribution >= 4 is 28.2 Å². The van der Waals surface area contributed by atoms with E-state index in [-0.39, 0.29) is 11.7 Å². The van der Waals surface area contributed by atoms with Crippen molar-refractivity contribution in [3.05, 3.63) is 46.2 Å². The SMILES string of the molecule is COc1nc2cc(C=O)cc3c2nc1-c1cccc2c(=O)n([nH]c12)CCN1CC(C[C@H]1C)O3. The molecule has 6 rings (SSSR count). The van der Waals surface area contributed by atoms with Crippen molar-refractivity contribution < 1.29 is 14.3 Å². The minimum Gasteiger partial charge on any atom is -0.487 e. The summed E-state index contributed by atoms with van der Waals surface area (Å²) < 4.78 is 13.6. The van der Waals surface area contributed by atoms with Gasteiger partial charge in [0.2, 0.25) is 5.88 Å². The molecule has 9 nitrogen and oxygen atoms in total. The summed E-state index contributed by atoms with van der Waals surface area (Å²) in [5.41, 5.74) is 3.38. The molecular weight excluding hydrogens is 422 g/mol. The molecular formula is C24H23N5O4. The molecule has 4 aromatic rings. The maximum absolute atomic E-state index is 13.1. The number of carbonyl (C=O) groups excluding carboxylic acids is 1. The van der Waals surface area contributed by atoms with E-state index in [1.807, 2.05) is 18.2 Å². The number of ether oxygens (including phenoxy) is 2. The Morgan fingerprint density at radius 2 is 2.12 bits per heavy atom. The highest BCUT2D eigenvalue weighted by Crippen LogP contribution is 2.36. The maximum atomic E-state index is 13.1. The number of methoxy groups -OCH3 is 1. The van der Waals surface area contributed by atoms with Gasteiger partial charge in [0, 0.05) is 36.7 Å². The molecule has 2 unspecified atom stereocenters. The van der Waals surface area contributed by atoms with Crippen LogP contribution in [-0.4, -0.2) is 63.3 Å². The van der Waals surface area contributed by atoms with Gasteiger partial charge in [0.1, 0.15) is 29.4 Å². The largest absolute Gasteiger partial charge is 0.487 e. The van der Waals surface area contributed by atoms with E-state index in [9.17, 15) is 9.59 Å². The Bertz CT molecular complexity index is 1470. The Morgan fingerprint density at radius 1 is 1.24 bits per heavy atom. The monoisotopic (exact) mass is 445 g/mol. The minimum atomic E-state index is -0.0644. The molecule has 9 heteroatoms. The number of hydrogen-bond donors (Lipinski definition) is 1. The van der Waals surface area contributed by atoms with E-state index < -0.39 is 0 Å². The van der Waals surface area contributed by atoms with Gasteiger partial charge in [-0.1, -0.05) is 12.1 Å². The number of benzene rings is 2.